The van der Waals surface area contributed by atoms with E-state index in [9.17, 15) is 4.79 Å². The van der Waals surface area contributed by atoms with E-state index in [4.69, 9.17) is 4.74 Å². The number of hydrogen-bond acceptors (Lipinski definition) is 5. The highest BCUT2D eigenvalue weighted by Crippen LogP contribution is 2.21. The van der Waals surface area contributed by atoms with Gasteiger partial charge in [0, 0.05) is 17.8 Å². The van der Waals surface area contributed by atoms with Gasteiger partial charge in [-0.25, -0.2) is 9.50 Å². The molecule has 1 unspecified atom stereocenters. The molecule has 7 nitrogen and oxygen atoms in total. The number of carbonyl (C=O) groups excluding carboxylic acids is 1. The Morgan fingerprint density at radius 2 is 2.00 bits per heavy atom. The lowest BCUT2D eigenvalue weighted by molar-refractivity contribution is -0.121. The van der Waals surface area contributed by atoms with Gasteiger partial charge in [-0.3, -0.25) is 4.79 Å². The number of nitrogens with one attached hydrogen (secondary N) is 1. The van der Waals surface area contributed by atoms with E-state index in [1.165, 1.54) is 6.33 Å². The molecular formula is C20H25N5O2. The van der Waals surface area contributed by atoms with E-state index in [1.54, 1.807) is 11.6 Å². The predicted octanol–water partition coefficient (Wildman–Crippen LogP) is 2.95. The van der Waals surface area contributed by atoms with Crippen LogP contribution in [0, 0.1) is 13.8 Å². The second kappa shape index (κ2) is 8.16. The van der Waals surface area contributed by atoms with Crippen molar-refractivity contribution in [3.8, 4) is 5.75 Å². The summed E-state index contributed by atoms with van der Waals surface area (Å²) < 4.78 is 6.91. The Balaban J connectivity index is 1.66. The van der Waals surface area contributed by atoms with Crippen molar-refractivity contribution >= 4 is 11.7 Å². The van der Waals surface area contributed by atoms with Crippen LogP contribution < -0.4 is 10.1 Å². The fourth-order valence-electron chi connectivity index (χ4n) is 3.28. The number of nitrogens with zero attached hydrogens (tertiary/aromatic N) is 4. The number of fused-ring (bicyclic) bond motifs is 1. The lowest BCUT2D eigenvalue weighted by Crippen LogP contribution is -2.28. The van der Waals surface area contributed by atoms with Gasteiger partial charge in [-0.15, -0.1) is 0 Å². The Morgan fingerprint density at radius 3 is 2.67 bits per heavy atom. The van der Waals surface area contributed by atoms with E-state index in [2.05, 4.69) is 27.3 Å². The standard InChI is InChI=1S/C20H25N5O2/c1-5-18(15-6-8-16(27-4)9-7-15)24-19(26)11-10-17-13(2)23-20-21-12-22-25(20)14(17)3/h6-9,12,18H,5,10-11H2,1-4H3,(H,24,26). The molecule has 1 aromatic carbocycles. The van der Waals surface area contributed by atoms with Crippen molar-refractivity contribution in [1.29, 1.82) is 0 Å². The van der Waals surface area contributed by atoms with Gasteiger partial charge in [0.05, 0.1) is 13.2 Å². The summed E-state index contributed by atoms with van der Waals surface area (Å²) in [6.45, 7) is 5.99. The molecule has 0 aliphatic heterocycles. The maximum absolute atomic E-state index is 12.5. The largest absolute Gasteiger partial charge is 0.497 e. The number of methoxy groups -OCH3 is 1. The minimum Gasteiger partial charge on any atom is -0.497 e. The number of benzene rings is 1. The number of carbonyl (C=O) groups is 1. The molecule has 2 aromatic heterocycles. The first-order valence-corrected chi connectivity index (χ1v) is 9.12. The topological polar surface area (TPSA) is 81.4 Å². The lowest BCUT2D eigenvalue weighted by Gasteiger charge is -2.18. The second-order valence-corrected chi connectivity index (χ2v) is 6.53. The Labute approximate surface area is 158 Å². The van der Waals surface area contributed by atoms with Gasteiger partial charge in [-0.05, 0) is 49.9 Å². The van der Waals surface area contributed by atoms with Crippen LogP contribution in [0.2, 0.25) is 0 Å². The van der Waals surface area contributed by atoms with Crippen molar-refractivity contribution in [2.45, 2.75) is 46.1 Å². The summed E-state index contributed by atoms with van der Waals surface area (Å²) in [5.41, 5.74) is 3.98. The van der Waals surface area contributed by atoms with Crippen molar-refractivity contribution in [1.82, 2.24) is 24.9 Å². The maximum Gasteiger partial charge on any atom is 0.252 e. The molecule has 0 saturated carbocycles. The van der Waals surface area contributed by atoms with Crippen LogP contribution in [0.1, 0.15) is 48.3 Å². The fraction of sp³-hybridized carbons (Fsp3) is 0.400. The number of ether oxygens (including phenoxy) is 1. The molecule has 0 fully saturated rings. The smallest absolute Gasteiger partial charge is 0.252 e. The van der Waals surface area contributed by atoms with E-state index < -0.39 is 0 Å². The van der Waals surface area contributed by atoms with Gasteiger partial charge in [-0.1, -0.05) is 19.1 Å². The summed E-state index contributed by atoms with van der Waals surface area (Å²) in [5, 5.41) is 7.32. The number of aryl methyl sites for hydroxylation is 2. The first-order valence-electron chi connectivity index (χ1n) is 9.12. The lowest BCUT2D eigenvalue weighted by atomic mass is 10.0. The summed E-state index contributed by atoms with van der Waals surface area (Å²) in [6, 6.07) is 7.79. The molecule has 7 heteroatoms. The highest BCUT2D eigenvalue weighted by molar-refractivity contribution is 5.76. The van der Waals surface area contributed by atoms with Crippen molar-refractivity contribution in [2.75, 3.05) is 7.11 Å². The van der Waals surface area contributed by atoms with Gasteiger partial charge >= 0.3 is 0 Å². The van der Waals surface area contributed by atoms with E-state index in [1.807, 2.05) is 38.1 Å². The zero-order chi connectivity index (χ0) is 19.4. The van der Waals surface area contributed by atoms with Gasteiger partial charge in [0.15, 0.2) is 0 Å². The molecule has 27 heavy (non-hydrogen) atoms. The first kappa shape index (κ1) is 18.8. The molecule has 1 N–H and O–H groups in total. The van der Waals surface area contributed by atoms with Crippen molar-refractivity contribution in [2.24, 2.45) is 0 Å². The highest BCUT2D eigenvalue weighted by atomic mass is 16.5. The van der Waals surface area contributed by atoms with Gasteiger partial charge < -0.3 is 10.1 Å². The van der Waals surface area contributed by atoms with Crippen LogP contribution >= 0.6 is 0 Å². The highest BCUT2D eigenvalue weighted by Gasteiger charge is 2.15. The van der Waals surface area contributed by atoms with Crippen LogP contribution in [-0.4, -0.2) is 32.6 Å². The number of amides is 1. The monoisotopic (exact) mass is 367 g/mol. The predicted molar refractivity (Wildman–Crippen MR) is 103 cm³/mol. The van der Waals surface area contributed by atoms with Crippen molar-refractivity contribution in [3.63, 3.8) is 0 Å². The Morgan fingerprint density at radius 1 is 1.26 bits per heavy atom. The molecule has 0 radical (unpaired) electrons. The normalized spacial score (nSPS) is 12.1. The minimum atomic E-state index is -0.0125. The van der Waals surface area contributed by atoms with Gasteiger partial charge in [0.1, 0.15) is 12.1 Å². The van der Waals surface area contributed by atoms with Gasteiger partial charge in [0.25, 0.3) is 5.78 Å². The molecule has 1 amide bonds. The molecule has 3 rings (SSSR count). The third kappa shape index (κ3) is 4.07. The molecule has 1 atom stereocenters. The quantitative estimate of drug-likeness (QED) is 0.694. The maximum atomic E-state index is 12.5. The van der Waals surface area contributed by atoms with Crippen LogP contribution in [0.15, 0.2) is 30.6 Å². The third-order valence-corrected chi connectivity index (χ3v) is 4.85. The molecule has 3 aromatic rings. The van der Waals surface area contributed by atoms with Crippen LogP contribution in [0.25, 0.3) is 5.78 Å². The fourth-order valence-corrected chi connectivity index (χ4v) is 3.28. The summed E-state index contributed by atoms with van der Waals surface area (Å²) in [6.07, 6.45) is 3.33. The number of rotatable bonds is 7. The third-order valence-electron chi connectivity index (χ3n) is 4.85. The van der Waals surface area contributed by atoms with Crippen molar-refractivity contribution in [3.05, 3.63) is 53.1 Å². The van der Waals surface area contributed by atoms with Crippen molar-refractivity contribution < 1.29 is 9.53 Å². The van der Waals surface area contributed by atoms with E-state index in [0.717, 1.165) is 34.7 Å². The summed E-state index contributed by atoms with van der Waals surface area (Å²) >= 11 is 0. The minimum absolute atomic E-state index is 0.0125. The molecule has 0 spiro atoms. The molecular weight excluding hydrogens is 342 g/mol. The van der Waals surface area contributed by atoms with E-state index >= 15 is 0 Å². The SMILES string of the molecule is CCC(NC(=O)CCc1c(C)nc2ncnn2c1C)c1ccc(OC)cc1. The molecule has 0 aliphatic rings. The van der Waals surface area contributed by atoms with Gasteiger partial charge in [-0.2, -0.15) is 10.1 Å². The van der Waals surface area contributed by atoms with Crippen LogP contribution in [-0.2, 0) is 11.2 Å². The molecule has 0 bridgehead atoms. The second-order valence-electron chi connectivity index (χ2n) is 6.53. The Bertz CT molecular complexity index is 933. The molecule has 2 heterocycles. The average molecular weight is 367 g/mol. The van der Waals surface area contributed by atoms with E-state index in [0.29, 0.717) is 18.6 Å². The summed E-state index contributed by atoms with van der Waals surface area (Å²) in [5.74, 6) is 1.42. The van der Waals surface area contributed by atoms with Crippen LogP contribution in [0.5, 0.6) is 5.75 Å². The first-order chi connectivity index (χ1) is 13.0. The van der Waals surface area contributed by atoms with Crippen LogP contribution in [0.3, 0.4) is 0 Å². The Kier molecular flexibility index (Phi) is 5.69. The molecule has 142 valence electrons. The Hall–Kier alpha value is -2.96. The molecule has 0 aliphatic carbocycles. The van der Waals surface area contributed by atoms with E-state index in [-0.39, 0.29) is 11.9 Å². The number of aromatic nitrogens is 4. The summed E-state index contributed by atoms with van der Waals surface area (Å²) in [4.78, 5) is 21.1. The zero-order valence-corrected chi connectivity index (χ0v) is 16.2. The van der Waals surface area contributed by atoms with Crippen LogP contribution in [0.4, 0.5) is 0 Å². The average Bonchev–Trinajstić information content (AvgIpc) is 3.14. The number of hydrogen-bond donors (Lipinski definition) is 1. The van der Waals surface area contributed by atoms with Gasteiger partial charge in [0.2, 0.25) is 5.91 Å². The molecule has 0 saturated heterocycles. The summed E-state index contributed by atoms with van der Waals surface area (Å²) in [7, 11) is 1.64. The zero-order valence-electron chi connectivity index (χ0n) is 16.2.